The maximum absolute atomic E-state index is 7.50. The maximum atomic E-state index is 7.50. The van der Waals surface area contributed by atoms with E-state index in [9.17, 15) is 0 Å². The SMILES string of the molecule is C=Cc1nc2ccc(CC(C)=N)cc2n1C. The lowest BCUT2D eigenvalue weighted by atomic mass is 10.1. The molecule has 0 unspecified atom stereocenters. The first-order valence-corrected chi connectivity index (χ1v) is 5.23. The molecule has 0 bridgehead atoms. The van der Waals surface area contributed by atoms with Gasteiger partial charge in [-0.3, -0.25) is 0 Å². The highest BCUT2D eigenvalue weighted by Gasteiger charge is 2.05. The van der Waals surface area contributed by atoms with Crippen molar-refractivity contribution in [2.24, 2.45) is 7.05 Å². The van der Waals surface area contributed by atoms with Crippen molar-refractivity contribution in [1.82, 2.24) is 9.55 Å². The van der Waals surface area contributed by atoms with E-state index >= 15 is 0 Å². The molecule has 0 spiro atoms. The number of rotatable bonds is 3. The molecule has 0 atom stereocenters. The zero-order valence-corrected chi connectivity index (χ0v) is 9.62. The number of fused-ring (bicyclic) bond motifs is 1. The van der Waals surface area contributed by atoms with E-state index in [1.54, 1.807) is 6.08 Å². The molecule has 0 fully saturated rings. The van der Waals surface area contributed by atoms with Crippen molar-refractivity contribution in [1.29, 1.82) is 5.41 Å². The Hall–Kier alpha value is -1.90. The molecule has 3 heteroatoms. The Morgan fingerprint density at radius 2 is 2.31 bits per heavy atom. The quantitative estimate of drug-likeness (QED) is 0.783. The molecule has 3 nitrogen and oxygen atoms in total. The maximum Gasteiger partial charge on any atom is 0.132 e. The van der Waals surface area contributed by atoms with Crippen molar-refractivity contribution in [3.05, 3.63) is 36.2 Å². The first kappa shape index (κ1) is 10.6. The van der Waals surface area contributed by atoms with Gasteiger partial charge in [0.15, 0.2) is 0 Å². The zero-order valence-electron chi connectivity index (χ0n) is 9.62. The van der Waals surface area contributed by atoms with Crippen molar-refractivity contribution >= 4 is 22.8 Å². The lowest BCUT2D eigenvalue weighted by Gasteiger charge is -2.01. The fourth-order valence-electron chi connectivity index (χ4n) is 1.85. The molecule has 1 aromatic carbocycles. The third-order valence-electron chi connectivity index (χ3n) is 2.63. The van der Waals surface area contributed by atoms with Gasteiger partial charge in [0.05, 0.1) is 11.0 Å². The molecule has 2 aromatic rings. The summed E-state index contributed by atoms with van der Waals surface area (Å²) in [5.74, 6) is 0.874. The number of nitrogens with zero attached hydrogens (tertiary/aromatic N) is 2. The smallest absolute Gasteiger partial charge is 0.132 e. The summed E-state index contributed by atoms with van der Waals surface area (Å²) < 4.78 is 2.02. The molecule has 0 aliphatic carbocycles. The molecule has 2 rings (SSSR count). The third-order valence-corrected chi connectivity index (χ3v) is 2.63. The van der Waals surface area contributed by atoms with Crippen LogP contribution in [0.2, 0.25) is 0 Å². The highest BCUT2D eigenvalue weighted by molar-refractivity contribution is 5.84. The second-order valence-corrected chi connectivity index (χ2v) is 4.01. The van der Waals surface area contributed by atoms with Crippen LogP contribution in [0.3, 0.4) is 0 Å². The van der Waals surface area contributed by atoms with E-state index < -0.39 is 0 Å². The van der Waals surface area contributed by atoms with E-state index in [1.165, 1.54) is 0 Å². The summed E-state index contributed by atoms with van der Waals surface area (Å²) >= 11 is 0. The molecule has 1 aromatic heterocycles. The third kappa shape index (κ3) is 1.76. The summed E-state index contributed by atoms with van der Waals surface area (Å²) in [5.41, 5.74) is 3.89. The molecule has 0 amide bonds. The van der Waals surface area contributed by atoms with Crippen molar-refractivity contribution in [2.75, 3.05) is 0 Å². The minimum atomic E-state index is 0.672. The van der Waals surface area contributed by atoms with Crippen LogP contribution in [0.15, 0.2) is 24.8 Å². The summed E-state index contributed by atoms with van der Waals surface area (Å²) in [5, 5.41) is 7.50. The van der Waals surface area contributed by atoms with Crippen molar-refractivity contribution in [3.63, 3.8) is 0 Å². The summed E-state index contributed by atoms with van der Waals surface area (Å²) in [6.45, 7) is 5.56. The van der Waals surface area contributed by atoms with Crippen LogP contribution in [0, 0.1) is 5.41 Å². The van der Waals surface area contributed by atoms with Gasteiger partial charge in [-0.2, -0.15) is 0 Å². The number of imidazole rings is 1. The summed E-state index contributed by atoms with van der Waals surface area (Å²) in [4.78, 5) is 4.44. The summed E-state index contributed by atoms with van der Waals surface area (Å²) in [6, 6.07) is 6.12. The van der Waals surface area contributed by atoms with Crippen molar-refractivity contribution in [3.8, 4) is 0 Å². The van der Waals surface area contributed by atoms with E-state index in [0.717, 1.165) is 22.4 Å². The standard InChI is InChI=1S/C13H15N3/c1-4-13-15-11-6-5-10(7-9(2)14)8-12(11)16(13)3/h4-6,8,14H,1,7H2,2-3H3. The second kappa shape index (κ2) is 3.93. The van der Waals surface area contributed by atoms with Gasteiger partial charge in [-0.1, -0.05) is 12.6 Å². The number of benzene rings is 1. The fraction of sp³-hybridized carbons (Fsp3) is 0.231. The first-order chi connectivity index (χ1) is 7.61. The predicted molar refractivity (Wildman–Crippen MR) is 67.9 cm³/mol. The van der Waals surface area contributed by atoms with Crippen LogP contribution in [0.25, 0.3) is 17.1 Å². The van der Waals surface area contributed by atoms with Gasteiger partial charge in [-0.15, -0.1) is 0 Å². The van der Waals surface area contributed by atoms with Gasteiger partial charge in [0.1, 0.15) is 5.82 Å². The van der Waals surface area contributed by atoms with Gasteiger partial charge in [0, 0.05) is 19.2 Å². The zero-order chi connectivity index (χ0) is 11.7. The fourth-order valence-corrected chi connectivity index (χ4v) is 1.85. The van der Waals surface area contributed by atoms with Gasteiger partial charge in [-0.25, -0.2) is 4.98 Å². The molecular weight excluding hydrogens is 198 g/mol. The molecular formula is C13H15N3. The Labute approximate surface area is 94.9 Å². The van der Waals surface area contributed by atoms with Gasteiger partial charge < -0.3 is 9.98 Å². The molecule has 82 valence electrons. The lowest BCUT2D eigenvalue weighted by Crippen LogP contribution is -1.96. The number of aryl methyl sites for hydroxylation is 1. The molecule has 0 saturated carbocycles. The first-order valence-electron chi connectivity index (χ1n) is 5.23. The van der Waals surface area contributed by atoms with E-state index in [0.29, 0.717) is 12.1 Å². The van der Waals surface area contributed by atoms with E-state index in [2.05, 4.69) is 17.6 Å². The molecule has 0 saturated heterocycles. The molecule has 0 radical (unpaired) electrons. The average Bonchev–Trinajstić information content (AvgIpc) is 2.55. The average molecular weight is 213 g/mol. The van der Waals surface area contributed by atoms with Crippen LogP contribution < -0.4 is 0 Å². The van der Waals surface area contributed by atoms with Crippen molar-refractivity contribution < 1.29 is 0 Å². The Kier molecular flexibility index (Phi) is 2.60. The van der Waals surface area contributed by atoms with Gasteiger partial charge >= 0.3 is 0 Å². The number of nitrogens with one attached hydrogen (secondary N) is 1. The van der Waals surface area contributed by atoms with Crippen LogP contribution in [-0.4, -0.2) is 15.3 Å². The van der Waals surface area contributed by atoms with Crippen LogP contribution in [0.1, 0.15) is 18.3 Å². The Bertz CT molecular complexity index is 564. The molecule has 0 aliphatic rings. The van der Waals surface area contributed by atoms with Gasteiger partial charge in [0.2, 0.25) is 0 Å². The van der Waals surface area contributed by atoms with Crippen LogP contribution in [-0.2, 0) is 13.5 Å². The van der Waals surface area contributed by atoms with Crippen molar-refractivity contribution in [2.45, 2.75) is 13.3 Å². The summed E-state index contributed by atoms with van der Waals surface area (Å²) in [7, 11) is 1.98. The monoisotopic (exact) mass is 213 g/mol. The number of aromatic nitrogens is 2. The Morgan fingerprint density at radius 1 is 1.56 bits per heavy atom. The highest BCUT2D eigenvalue weighted by Crippen LogP contribution is 2.17. The van der Waals surface area contributed by atoms with Gasteiger partial charge in [0.25, 0.3) is 0 Å². The number of hydrogen-bond acceptors (Lipinski definition) is 2. The van der Waals surface area contributed by atoms with Crippen LogP contribution in [0.4, 0.5) is 0 Å². The van der Waals surface area contributed by atoms with E-state index in [4.69, 9.17) is 5.41 Å². The Balaban J connectivity index is 2.56. The molecule has 16 heavy (non-hydrogen) atoms. The Morgan fingerprint density at radius 3 is 2.94 bits per heavy atom. The normalized spacial score (nSPS) is 10.6. The molecule has 0 aliphatic heterocycles. The topological polar surface area (TPSA) is 41.7 Å². The lowest BCUT2D eigenvalue weighted by molar-refractivity contribution is 0.929. The van der Waals surface area contributed by atoms with Gasteiger partial charge in [-0.05, 0) is 30.7 Å². The minimum absolute atomic E-state index is 0.672. The predicted octanol–water partition coefficient (Wildman–Crippen LogP) is 2.80. The molecule has 1 heterocycles. The number of hydrogen-bond donors (Lipinski definition) is 1. The summed E-state index contributed by atoms with van der Waals surface area (Å²) in [6.07, 6.45) is 2.45. The van der Waals surface area contributed by atoms with E-state index in [1.807, 2.05) is 30.7 Å². The molecule has 1 N–H and O–H groups in total. The highest BCUT2D eigenvalue weighted by atomic mass is 15.0. The largest absolute Gasteiger partial charge is 0.328 e. The minimum Gasteiger partial charge on any atom is -0.328 e. The van der Waals surface area contributed by atoms with E-state index in [-0.39, 0.29) is 0 Å². The second-order valence-electron chi connectivity index (χ2n) is 4.01. The van der Waals surface area contributed by atoms with Crippen LogP contribution >= 0.6 is 0 Å². The van der Waals surface area contributed by atoms with Crippen LogP contribution in [0.5, 0.6) is 0 Å².